The molecule has 6 heteroatoms. The number of rotatable bonds is 5. The molecular weight excluding hydrogens is 308 g/mol. The molecule has 0 aromatic heterocycles. The maximum Gasteiger partial charge on any atom is 0.312 e. The molecule has 2 rings (SSSR count). The van der Waals surface area contributed by atoms with Crippen molar-refractivity contribution in [3.63, 3.8) is 0 Å². The Balaban J connectivity index is 1.92. The van der Waals surface area contributed by atoms with E-state index in [1.165, 1.54) is 0 Å². The molecule has 130 valence electrons. The van der Waals surface area contributed by atoms with Crippen LogP contribution in [0.2, 0.25) is 0 Å². The molecule has 1 aliphatic heterocycles. The normalized spacial score (nSPS) is 16.6. The number of carboxylic acids is 1. The van der Waals surface area contributed by atoms with Gasteiger partial charge in [-0.05, 0) is 18.1 Å². The first kappa shape index (κ1) is 18.0. The maximum absolute atomic E-state index is 12.4. The lowest BCUT2D eigenvalue weighted by atomic mass is 9.96. The summed E-state index contributed by atoms with van der Waals surface area (Å²) < 4.78 is 0. The Morgan fingerprint density at radius 3 is 2.54 bits per heavy atom. The summed E-state index contributed by atoms with van der Waals surface area (Å²) in [7, 11) is 0. The van der Waals surface area contributed by atoms with Crippen molar-refractivity contribution in [1.29, 1.82) is 0 Å². The second-order valence-electron chi connectivity index (χ2n) is 7.06. The topological polar surface area (TPSA) is 86.7 Å². The molecule has 24 heavy (non-hydrogen) atoms. The van der Waals surface area contributed by atoms with Crippen LogP contribution in [0.3, 0.4) is 0 Å². The monoisotopic (exact) mass is 332 g/mol. The summed E-state index contributed by atoms with van der Waals surface area (Å²) in [4.78, 5) is 37.1. The number of carbonyl (C=O) groups is 3. The molecule has 1 heterocycles. The number of carbonyl (C=O) groups excluding carboxylic acids is 2. The average molecular weight is 332 g/mol. The number of aliphatic carboxylic acids is 1. The Hall–Kier alpha value is -2.37. The lowest BCUT2D eigenvalue weighted by Crippen LogP contribution is -2.36. The Morgan fingerprint density at radius 2 is 1.92 bits per heavy atom. The third kappa shape index (κ3) is 3.93. The molecular formula is C18H24N2O4. The quantitative estimate of drug-likeness (QED) is 0.809. The van der Waals surface area contributed by atoms with Crippen LogP contribution < -0.4 is 10.2 Å². The van der Waals surface area contributed by atoms with Crippen molar-refractivity contribution in [2.45, 2.75) is 39.5 Å². The summed E-state index contributed by atoms with van der Waals surface area (Å²) in [5.74, 6) is -1.76. The highest BCUT2D eigenvalue weighted by Crippen LogP contribution is 2.36. The third-order valence-corrected chi connectivity index (χ3v) is 4.10. The number of nitrogens with zero attached hydrogens (tertiary/aromatic N) is 1. The minimum absolute atomic E-state index is 0.0487. The second kappa shape index (κ2) is 7.03. The van der Waals surface area contributed by atoms with E-state index in [-0.39, 0.29) is 24.8 Å². The first-order chi connectivity index (χ1) is 11.2. The highest BCUT2D eigenvalue weighted by Gasteiger charge is 2.35. The van der Waals surface area contributed by atoms with Crippen molar-refractivity contribution >= 4 is 23.5 Å². The van der Waals surface area contributed by atoms with Crippen LogP contribution in [0.1, 0.15) is 45.1 Å². The van der Waals surface area contributed by atoms with Crippen molar-refractivity contribution in [1.82, 2.24) is 5.32 Å². The number of carboxylic acid groups (broad SMARTS) is 1. The van der Waals surface area contributed by atoms with Crippen molar-refractivity contribution in [2.75, 3.05) is 18.0 Å². The molecule has 2 amide bonds. The van der Waals surface area contributed by atoms with E-state index < -0.39 is 17.3 Å². The van der Waals surface area contributed by atoms with E-state index in [1.54, 1.807) is 29.2 Å². The number of hydrogen-bond acceptors (Lipinski definition) is 3. The molecule has 0 saturated heterocycles. The van der Waals surface area contributed by atoms with Gasteiger partial charge in [-0.15, -0.1) is 0 Å². The fourth-order valence-electron chi connectivity index (χ4n) is 2.70. The number of para-hydroxylation sites is 1. The molecule has 1 aromatic carbocycles. The Morgan fingerprint density at radius 1 is 1.25 bits per heavy atom. The zero-order chi connectivity index (χ0) is 17.9. The summed E-state index contributed by atoms with van der Waals surface area (Å²) >= 11 is 0. The number of benzene rings is 1. The van der Waals surface area contributed by atoms with Crippen LogP contribution in [0.4, 0.5) is 5.69 Å². The molecule has 2 N–H and O–H groups in total. The van der Waals surface area contributed by atoms with Crippen molar-refractivity contribution in [3.05, 3.63) is 29.8 Å². The highest BCUT2D eigenvalue weighted by molar-refractivity contribution is 5.98. The van der Waals surface area contributed by atoms with E-state index in [1.807, 2.05) is 20.8 Å². The minimum atomic E-state index is -0.921. The van der Waals surface area contributed by atoms with Crippen molar-refractivity contribution < 1.29 is 19.5 Å². The van der Waals surface area contributed by atoms with E-state index in [4.69, 9.17) is 0 Å². The van der Waals surface area contributed by atoms with Gasteiger partial charge in [0.15, 0.2) is 0 Å². The highest BCUT2D eigenvalue weighted by atomic mass is 16.4. The number of fused-ring (bicyclic) bond motifs is 1. The fraction of sp³-hybridized carbons (Fsp3) is 0.500. The van der Waals surface area contributed by atoms with Crippen LogP contribution in [0, 0.1) is 5.41 Å². The van der Waals surface area contributed by atoms with Crippen LogP contribution in [-0.4, -0.2) is 36.0 Å². The van der Waals surface area contributed by atoms with Gasteiger partial charge in [0, 0.05) is 30.6 Å². The summed E-state index contributed by atoms with van der Waals surface area (Å²) in [6, 6.07) is 7.11. The minimum Gasteiger partial charge on any atom is -0.481 e. The van der Waals surface area contributed by atoms with Gasteiger partial charge in [-0.2, -0.15) is 0 Å². The van der Waals surface area contributed by atoms with Gasteiger partial charge in [0.1, 0.15) is 5.92 Å². The number of nitrogens with one attached hydrogen (secondary N) is 1. The Labute approximate surface area is 141 Å². The van der Waals surface area contributed by atoms with Gasteiger partial charge in [-0.25, -0.2) is 0 Å². The molecule has 0 fully saturated rings. The third-order valence-electron chi connectivity index (χ3n) is 4.10. The van der Waals surface area contributed by atoms with Crippen LogP contribution in [0.15, 0.2) is 24.3 Å². The molecule has 1 aliphatic rings. The summed E-state index contributed by atoms with van der Waals surface area (Å²) in [6.45, 7) is 6.10. The lowest BCUT2D eigenvalue weighted by Gasteiger charge is -2.19. The second-order valence-corrected chi connectivity index (χ2v) is 7.06. The molecule has 0 saturated carbocycles. The van der Waals surface area contributed by atoms with E-state index in [0.29, 0.717) is 24.2 Å². The number of amides is 2. The summed E-state index contributed by atoms with van der Waals surface area (Å²) in [5, 5.41) is 12.1. The number of hydrogen-bond donors (Lipinski definition) is 2. The van der Waals surface area contributed by atoms with E-state index in [0.717, 1.165) is 0 Å². The fourth-order valence-corrected chi connectivity index (χ4v) is 2.70. The van der Waals surface area contributed by atoms with Gasteiger partial charge < -0.3 is 15.3 Å². The van der Waals surface area contributed by atoms with Crippen LogP contribution >= 0.6 is 0 Å². The predicted molar refractivity (Wildman–Crippen MR) is 90.9 cm³/mol. The molecule has 1 unspecified atom stereocenters. The molecule has 0 aliphatic carbocycles. The molecule has 1 atom stereocenters. The smallest absolute Gasteiger partial charge is 0.312 e. The SMILES string of the molecule is CC(C)(C)C(=O)NCCCC(=O)N1CC(C(=O)O)c2ccccc21. The standard InChI is InChI=1S/C18H24N2O4/c1-18(2,3)17(24)19-10-6-9-15(21)20-11-13(16(22)23)12-7-4-5-8-14(12)20/h4-5,7-8,13H,6,9-11H2,1-3H3,(H,19,24)(H,22,23). The maximum atomic E-state index is 12.4. The van der Waals surface area contributed by atoms with Crippen LogP contribution in [-0.2, 0) is 14.4 Å². The van der Waals surface area contributed by atoms with Gasteiger partial charge in [0.05, 0.1) is 0 Å². The van der Waals surface area contributed by atoms with Gasteiger partial charge in [-0.3, -0.25) is 14.4 Å². The molecule has 0 radical (unpaired) electrons. The van der Waals surface area contributed by atoms with Crippen LogP contribution in [0.25, 0.3) is 0 Å². The van der Waals surface area contributed by atoms with Crippen LogP contribution in [0.5, 0.6) is 0 Å². The largest absolute Gasteiger partial charge is 0.481 e. The lowest BCUT2D eigenvalue weighted by molar-refractivity contribution is -0.138. The van der Waals surface area contributed by atoms with Gasteiger partial charge in [0.2, 0.25) is 11.8 Å². The Kier molecular flexibility index (Phi) is 5.26. The van der Waals surface area contributed by atoms with Crippen molar-refractivity contribution in [3.8, 4) is 0 Å². The number of anilines is 1. The van der Waals surface area contributed by atoms with Gasteiger partial charge in [-0.1, -0.05) is 39.0 Å². The Bertz CT molecular complexity index is 649. The van der Waals surface area contributed by atoms with E-state index >= 15 is 0 Å². The average Bonchev–Trinajstić information content (AvgIpc) is 2.90. The molecule has 1 aromatic rings. The van der Waals surface area contributed by atoms with Crippen molar-refractivity contribution in [2.24, 2.45) is 5.41 Å². The first-order valence-corrected chi connectivity index (χ1v) is 8.12. The van der Waals surface area contributed by atoms with E-state index in [2.05, 4.69) is 5.32 Å². The van der Waals surface area contributed by atoms with Gasteiger partial charge >= 0.3 is 5.97 Å². The molecule has 0 bridgehead atoms. The van der Waals surface area contributed by atoms with E-state index in [9.17, 15) is 19.5 Å². The van der Waals surface area contributed by atoms with Gasteiger partial charge in [0.25, 0.3) is 0 Å². The predicted octanol–water partition coefficient (Wildman–Crippen LogP) is 2.14. The first-order valence-electron chi connectivity index (χ1n) is 8.12. The molecule has 0 spiro atoms. The molecule has 6 nitrogen and oxygen atoms in total. The summed E-state index contributed by atoms with van der Waals surface area (Å²) in [6.07, 6.45) is 0.794. The summed E-state index contributed by atoms with van der Waals surface area (Å²) in [5.41, 5.74) is 0.903. The zero-order valence-electron chi connectivity index (χ0n) is 14.3. The zero-order valence-corrected chi connectivity index (χ0v) is 14.3.